The predicted octanol–water partition coefficient (Wildman–Crippen LogP) is 2.20. The van der Waals surface area contributed by atoms with Crippen LogP contribution in [0.25, 0.3) is 0 Å². The maximum absolute atomic E-state index is 13.4. The number of rotatable bonds is 7. The van der Waals surface area contributed by atoms with E-state index in [1.165, 1.54) is 5.56 Å². The molecule has 1 unspecified atom stereocenters. The van der Waals surface area contributed by atoms with Crippen LogP contribution in [0.4, 0.5) is 10.1 Å². The fourth-order valence-corrected chi connectivity index (χ4v) is 2.65. The third-order valence-electron chi connectivity index (χ3n) is 3.59. The van der Waals surface area contributed by atoms with Crippen LogP contribution in [0.3, 0.4) is 0 Å². The molecule has 2 rings (SSSR count). The van der Waals surface area contributed by atoms with Gasteiger partial charge in [0.25, 0.3) is 0 Å². The van der Waals surface area contributed by atoms with Crippen molar-refractivity contribution in [2.45, 2.75) is 25.8 Å². The molecule has 4 heteroatoms. The van der Waals surface area contributed by atoms with Gasteiger partial charge < -0.3 is 15.0 Å². The number of fused-ring (bicyclic) bond motifs is 1. The summed E-state index contributed by atoms with van der Waals surface area (Å²) in [5.74, 6) is -0.164. The Labute approximate surface area is 114 Å². The highest BCUT2D eigenvalue weighted by molar-refractivity contribution is 5.59. The van der Waals surface area contributed by atoms with E-state index in [2.05, 4.69) is 17.1 Å². The number of nitrogens with zero attached hydrogens (tertiary/aromatic N) is 1. The second-order valence-electron chi connectivity index (χ2n) is 5.03. The van der Waals surface area contributed by atoms with Crippen molar-refractivity contribution >= 4 is 5.69 Å². The Morgan fingerprint density at radius 1 is 1.47 bits per heavy atom. The summed E-state index contributed by atoms with van der Waals surface area (Å²) in [7, 11) is 1.72. The van der Waals surface area contributed by atoms with Gasteiger partial charge in [-0.2, -0.15) is 0 Å². The Bertz CT molecular complexity index is 411. The van der Waals surface area contributed by atoms with Crippen LogP contribution >= 0.6 is 0 Å². The normalized spacial score (nSPS) is 15.6. The molecule has 1 N–H and O–H groups in total. The molecule has 19 heavy (non-hydrogen) atoms. The van der Waals surface area contributed by atoms with Gasteiger partial charge >= 0.3 is 0 Å². The minimum absolute atomic E-state index is 0.164. The number of nitrogens with one attached hydrogen (secondary N) is 1. The lowest BCUT2D eigenvalue weighted by Crippen LogP contribution is -2.44. The van der Waals surface area contributed by atoms with Gasteiger partial charge in [0.1, 0.15) is 5.82 Å². The van der Waals surface area contributed by atoms with Gasteiger partial charge in [0.15, 0.2) is 0 Å². The average Bonchev–Trinajstić information content (AvgIpc) is 2.81. The quantitative estimate of drug-likeness (QED) is 0.766. The van der Waals surface area contributed by atoms with E-state index >= 15 is 0 Å². The SMILES string of the molecule is CCCNCC(COC)N1CCc2ccc(F)cc21. The van der Waals surface area contributed by atoms with E-state index in [9.17, 15) is 4.39 Å². The highest BCUT2D eigenvalue weighted by atomic mass is 19.1. The molecule has 106 valence electrons. The molecule has 1 aromatic rings. The number of methoxy groups -OCH3 is 1. The van der Waals surface area contributed by atoms with Crippen LogP contribution in [0.2, 0.25) is 0 Å². The van der Waals surface area contributed by atoms with Crippen LogP contribution in [-0.4, -0.2) is 39.4 Å². The van der Waals surface area contributed by atoms with Crippen molar-refractivity contribution in [3.8, 4) is 0 Å². The summed E-state index contributed by atoms with van der Waals surface area (Å²) in [5.41, 5.74) is 2.26. The van der Waals surface area contributed by atoms with Gasteiger partial charge in [-0.05, 0) is 37.1 Å². The van der Waals surface area contributed by atoms with Crippen LogP contribution in [-0.2, 0) is 11.2 Å². The summed E-state index contributed by atoms with van der Waals surface area (Å²) in [6.07, 6.45) is 2.11. The van der Waals surface area contributed by atoms with Crippen molar-refractivity contribution in [1.82, 2.24) is 5.32 Å². The van der Waals surface area contributed by atoms with E-state index in [4.69, 9.17) is 4.74 Å². The van der Waals surface area contributed by atoms with Gasteiger partial charge in [0.05, 0.1) is 12.6 Å². The zero-order valence-electron chi connectivity index (χ0n) is 11.8. The van der Waals surface area contributed by atoms with Crippen molar-refractivity contribution in [1.29, 1.82) is 0 Å². The topological polar surface area (TPSA) is 24.5 Å². The van der Waals surface area contributed by atoms with E-state index in [-0.39, 0.29) is 11.9 Å². The van der Waals surface area contributed by atoms with Crippen LogP contribution in [0.1, 0.15) is 18.9 Å². The Hall–Kier alpha value is -1.13. The van der Waals surface area contributed by atoms with Gasteiger partial charge in [-0.15, -0.1) is 0 Å². The highest BCUT2D eigenvalue weighted by Crippen LogP contribution is 2.30. The molecule has 0 amide bonds. The van der Waals surface area contributed by atoms with Gasteiger partial charge in [0.2, 0.25) is 0 Å². The lowest BCUT2D eigenvalue weighted by atomic mass is 10.1. The smallest absolute Gasteiger partial charge is 0.125 e. The Balaban J connectivity index is 2.09. The number of benzene rings is 1. The minimum Gasteiger partial charge on any atom is -0.383 e. The number of hydrogen-bond acceptors (Lipinski definition) is 3. The number of anilines is 1. The monoisotopic (exact) mass is 266 g/mol. The molecule has 1 aliphatic heterocycles. The zero-order chi connectivity index (χ0) is 13.7. The predicted molar refractivity (Wildman–Crippen MR) is 76.3 cm³/mol. The summed E-state index contributed by atoms with van der Waals surface area (Å²) >= 11 is 0. The van der Waals surface area contributed by atoms with Gasteiger partial charge in [-0.3, -0.25) is 0 Å². The second kappa shape index (κ2) is 6.87. The molecule has 0 aromatic heterocycles. The van der Waals surface area contributed by atoms with E-state index < -0.39 is 0 Å². The first kappa shape index (κ1) is 14.3. The van der Waals surface area contributed by atoms with Crippen molar-refractivity contribution in [3.05, 3.63) is 29.6 Å². The van der Waals surface area contributed by atoms with Crippen molar-refractivity contribution < 1.29 is 9.13 Å². The molecule has 0 aliphatic carbocycles. The molecule has 3 nitrogen and oxygen atoms in total. The summed E-state index contributed by atoms with van der Waals surface area (Å²) in [5, 5.41) is 3.43. The zero-order valence-corrected chi connectivity index (χ0v) is 11.8. The van der Waals surface area contributed by atoms with Crippen LogP contribution in [0.5, 0.6) is 0 Å². The third-order valence-corrected chi connectivity index (χ3v) is 3.59. The largest absolute Gasteiger partial charge is 0.383 e. The molecule has 0 spiro atoms. The number of halogens is 1. The van der Waals surface area contributed by atoms with E-state index in [1.54, 1.807) is 19.2 Å². The molecule has 1 heterocycles. The summed E-state index contributed by atoms with van der Waals surface area (Å²) in [6, 6.07) is 5.35. The standard InChI is InChI=1S/C15H23FN2O/c1-3-7-17-10-14(11-19-2)18-8-6-12-4-5-13(16)9-15(12)18/h4-5,9,14,17H,3,6-8,10-11H2,1-2H3. The maximum Gasteiger partial charge on any atom is 0.125 e. The Morgan fingerprint density at radius 3 is 3.05 bits per heavy atom. The number of ether oxygens (including phenoxy) is 1. The fourth-order valence-electron chi connectivity index (χ4n) is 2.65. The minimum atomic E-state index is -0.164. The maximum atomic E-state index is 13.4. The molecular weight excluding hydrogens is 243 g/mol. The molecule has 0 bridgehead atoms. The summed E-state index contributed by atoms with van der Waals surface area (Å²) in [6.45, 7) is 5.63. The molecule has 0 radical (unpaired) electrons. The van der Waals surface area contributed by atoms with Crippen molar-refractivity contribution in [2.24, 2.45) is 0 Å². The first-order valence-electron chi connectivity index (χ1n) is 7.01. The van der Waals surface area contributed by atoms with Crippen molar-refractivity contribution in [3.63, 3.8) is 0 Å². The van der Waals surface area contributed by atoms with Gasteiger partial charge in [-0.25, -0.2) is 4.39 Å². The Kier molecular flexibility index (Phi) is 5.16. The van der Waals surface area contributed by atoms with Gasteiger partial charge in [0, 0.05) is 25.9 Å². The molecule has 0 fully saturated rings. The van der Waals surface area contributed by atoms with Crippen molar-refractivity contribution in [2.75, 3.05) is 38.3 Å². The molecule has 1 aliphatic rings. The lowest BCUT2D eigenvalue weighted by Gasteiger charge is -2.30. The van der Waals surface area contributed by atoms with Crippen LogP contribution in [0, 0.1) is 5.82 Å². The van der Waals surface area contributed by atoms with Crippen LogP contribution in [0.15, 0.2) is 18.2 Å². The van der Waals surface area contributed by atoms with E-state index in [1.807, 2.05) is 6.07 Å². The van der Waals surface area contributed by atoms with E-state index in [0.717, 1.165) is 38.2 Å². The molecule has 0 saturated heterocycles. The summed E-state index contributed by atoms with van der Waals surface area (Å²) < 4.78 is 18.7. The van der Waals surface area contributed by atoms with Gasteiger partial charge in [-0.1, -0.05) is 13.0 Å². The first-order valence-corrected chi connectivity index (χ1v) is 7.01. The average molecular weight is 266 g/mol. The lowest BCUT2D eigenvalue weighted by molar-refractivity contribution is 0.176. The summed E-state index contributed by atoms with van der Waals surface area (Å²) in [4.78, 5) is 2.27. The third kappa shape index (κ3) is 3.45. The molecule has 0 saturated carbocycles. The molecular formula is C15H23FN2O. The highest BCUT2D eigenvalue weighted by Gasteiger charge is 2.26. The molecule has 1 aromatic carbocycles. The number of hydrogen-bond donors (Lipinski definition) is 1. The fraction of sp³-hybridized carbons (Fsp3) is 0.600. The van der Waals surface area contributed by atoms with Crippen LogP contribution < -0.4 is 10.2 Å². The second-order valence-corrected chi connectivity index (χ2v) is 5.03. The first-order chi connectivity index (χ1) is 9.26. The Morgan fingerprint density at radius 2 is 2.32 bits per heavy atom. The van der Waals surface area contributed by atoms with E-state index in [0.29, 0.717) is 6.61 Å². The molecule has 1 atom stereocenters.